The number of carbonyl (C=O) groups excluding carboxylic acids is 1. The molecule has 0 bridgehead atoms. The van der Waals surface area contributed by atoms with E-state index < -0.39 is 0 Å². The minimum absolute atomic E-state index is 0.232. The maximum absolute atomic E-state index is 12.7. The molecule has 1 aromatic rings. The van der Waals surface area contributed by atoms with Crippen molar-refractivity contribution in [1.82, 2.24) is 19.7 Å². The topological polar surface area (TPSA) is 51.0 Å². The summed E-state index contributed by atoms with van der Waals surface area (Å²) >= 11 is 1.52. The molecule has 2 aliphatic carbocycles. The van der Waals surface area contributed by atoms with Crippen LogP contribution in [0.5, 0.6) is 0 Å². The quantitative estimate of drug-likeness (QED) is 0.532. The van der Waals surface area contributed by atoms with Crippen molar-refractivity contribution >= 4 is 17.7 Å². The average molecular weight is 349 g/mol. The van der Waals surface area contributed by atoms with Gasteiger partial charge in [0.15, 0.2) is 5.16 Å². The van der Waals surface area contributed by atoms with E-state index in [4.69, 9.17) is 0 Å². The fraction of sp³-hybridized carbons (Fsp3) is 0.722. The molecule has 1 amide bonds. The van der Waals surface area contributed by atoms with E-state index in [0.29, 0.717) is 17.7 Å². The Kier molecular flexibility index (Phi) is 5.98. The van der Waals surface area contributed by atoms with Gasteiger partial charge in [0.05, 0.1) is 5.75 Å². The van der Waals surface area contributed by atoms with Gasteiger partial charge < -0.3 is 9.47 Å². The first kappa shape index (κ1) is 17.5. The van der Waals surface area contributed by atoms with Crippen LogP contribution >= 0.6 is 11.8 Å². The Hall–Kier alpha value is -1.30. The molecule has 0 aromatic carbocycles. The first-order valence-electron chi connectivity index (χ1n) is 9.20. The molecule has 2 saturated carbocycles. The molecule has 0 N–H and O–H groups in total. The van der Waals surface area contributed by atoms with Gasteiger partial charge in [-0.2, -0.15) is 0 Å². The third kappa shape index (κ3) is 4.02. The molecule has 1 heterocycles. The molecule has 6 heteroatoms. The summed E-state index contributed by atoms with van der Waals surface area (Å²) in [5, 5.41) is 9.52. The molecule has 3 rings (SSSR count). The van der Waals surface area contributed by atoms with Gasteiger partial charge in [0, 0.05) is 25.0 Å². The van der Waals surface area contributed by atoms with Crippen molar-refractivity contribution in [2.45, 2.75) is 75.5 Å². The Morgan fingerprint density at radius 1 is 1.29 bits per heavy atom. The molecule has 0 spiro atoms. The summed E-state index contributed by atoms with van der Waals surface area (Å²) in [6.45, 7) is 7.44. The lowest BCUT2D eigenvalue weighted by Crippen LogP contribution is -2.42. The number of hydrogen-bond acceptors (Lipinski definition) is 4. The minimum Gasteiger partial charge on any atom is -0.339 e. The maximum Gasteiger partial charge on any atom is 0.233 e. The molecule has 1 aromatic heterocycles. The van der Waals surface area contributed by atoms with Gasteiger partial charge in [0.25, 0.3) is 0 Å². The van der Waals surface area contributed by atoms with Gasteiger partial charge in [-0.3, -0.25) is 4.79 Å². The largest absolute Gasteiger partial charge is 0.339 e. The van der Waals surface area contributed by atoms with Gasteiger partial charge in [0.1, 0.15) is 5.82 Å². The molecule has 132 valence electrons. The van der Waals surface area contributed by atoms with Crippen LogP contribution < -0.4 is 0 Å². The zero-order valence-corrected chi connectivity index (χ0v) is 15.4. The summed E-state index contributed by atoms with van der Waals surface area (Å²) in [4.78, 5) is 14.8. The number of thioether (sulfide) groups is 1. The Balaban J connectivity index is 1.61. The van der Waals surface area contributed by atoms with E-state index in [9.17, 15) is 4.79 Å². The molecule has 0 aliphatic heterocycles. The summed E-state index contributed by atoms with van der Waals surface area (Å²) in [6.07, 6.45) is 10.4. The predicted octanol–water partition coefficient (Wildman–Crippen LogP) is 3.61. The molecule has 0 saturated heterocycles. The summed E-state index contributed by atoms with van der Waals surface area (Å²) < 4.78 is 2.12. The van der Waals surface area contributed by atoms with Gasteiger partial charge in [0.2, 0.25) is 5.91 Å². The van der Waals surface area contributed by atoms with Crippen molar-refractivity contribution in [2.24, 2.45) is 0 Å². The van der Waals surface area contributed by atoms with E-state index in [1.54, 1.807) is 0 Å². The number of carbonyl (C=O) groups is 1. The van der Waals surface area contributed by atoms with Crippen molar-refractivity contribution in [3.05, 3.63) is 18.5 Å². The lowest BCUT2D eigenvalue weighted by Gasteiger charge is -2.33. The van der Waals surface area contributed by atoms with Crippen LogP contribution in [0.25, 0.3) is 0 Å². The molecular formula is C18H28N4OS. The van der Waals surface area contributed by atoms with Crippen molar-refractivity contribution in [3.8, 4) is 0 Å². The number of amides is 1. The second kappa shape index (κ2) is 8.19. The first-order valence-corrected chi connectivity index (χ1v) is 10.2. The maximum atomic E-state index is 12.7. The van der Waals surface area contributed by atoms with Crippen molar-refractivity contribution < 1.29 is 4.79 Å². The Labute approximate surface area is 148 Å². The van der Waals surface area contributed by atoms with Gasteiger partial charge in [-0.25, -0.2) is 0 Å². The highest BCUT2D eigenvalue weighted by Gasteiger charge is 2.30. The number of allylic oxidation sites excluding steroid dienone is 1. The number of aromatic nitrogens is 3. The molecule has 5 nitrogen and oxygen atoms in total. The Bertz CT molecular complexity index is 576. The van der Waals surface area contributed by atoms with Crippen LogP contribution in [0.3, 0.4) is 0 Å². The highest BCUT2D eigenvalue weighted by molar-refractivity contribution is 7.99. The predicted molar refractivity (Wildman–Crippen MR) is 97.2 cm³/mol. The molecule has 0 atom stereocenters. The zero-order chi connectivity index (χ0) is 16.9. The van der Waals surface area contributed by atoms with E-state index in [-0.39, 0.29) is 5.91 Å². The van der Waals surface area contributed by atoms with Crippen LogP contribution in [0.2, 0.25) is 0 Å². The van der Waals surface area contributed by atoms with Crippen LogP contribution in [-0.2, 0) is 11.3 Å². The molecule has 24 heavy (non-hydrogen) atoms. The smallest absolute Gasteiger partial charge is 0.233 e. The highest BCUT2D eigenvalue weighted by Crippen LogP contribution is 2.40. The second-order valence-corrected chi connectivity index (χ2v) is 7.72. The Morgan fingerprint density at radius 2 is 2.04 bits per heavy atom. The van der Waals surface area contributed by atoms with Gasteiger partial charge in [-0.15, -0.1) is 16.8 Å². The van der Waals surface area contributed by atoms with Crippen LogP contribution in [0, 0.1) is 0 Å². The Morgan fingerprint density at radius 3 is 2.67 bits per heavy atom. The SMILES string of the molecule is C=CCn1c(SCC(=O)N(CC)C2CCCCC2)nnc1C1CC1. The van der Waals surface area contributed by atoms with E-state index in [0.717, 1.165) is 36.9 Å². The fourth-order valence-electron chi connectivity index (χ4n) is 3.59. The lowest BCUT2D eigenvalue weighted by molar-refractivity contribution is -0.131. The van der Waals surface area contributed by atoms with E-state index in [2.05, 4.69) is 33.2 Å². The summed E-state index contributed by atoms with van der Waals surface area (Å²) in [6, 6.07) is 0.435. The summed E-state index contributed by atoms with van der Waals surface area (Å²) in [5.41, 5.74) is 0. The van der Waals surface area contributed by atoms with E-state index >= 15 is 0 Å². The third-order valence-electron chi connectivity index (χ3n) is 5.00. The molecular weight excluding hydrogens is 320 g/mol. The van der Waals surface area contributed by atoms with Crippen molar-refractivity contribution in [3.63, 3.8) is 0 Å². The first-order chi connectivity index (χ1) is 11.7. The van der Waals surface area contributed by atoms with Gasteiger partial charge in [-0.05, 0) is 32.6 Å². The average Bonchev–Trinajstić information content (AvgIpc) is 3.37. The van der Waals surface area contributed by atoms with E-state index in [1.165, 1.54) is 43.9 Å². The van der Waals surface area contributed by atoms with E-state index in [1.807, 2.05) is 6.08 Å². The lowest BCUT2D eigenvalue weighted by atomic mass is 9.94. The molecule has 2 fully saturated rings. The fourth-order valence-corrected chi connectivity index (χ4v) is 4.43. The monoisotopic (exact) mass is 348 g/mol. The van der Waals surface area contributed by atoms with Gasteiger partial charge >= 0.3 is 0 Å². The minimum atomic E-state index is 0.232. The molecule has 2 aliphatic rings. The summed E-state index contributed by atoms with van der Waals surface area (Å²) in [5.74, 6) is 2.29. The second-order valence-electron chi connectivity index (χ2n) is 6.77. The van der Waals surface area contributed by atoms with Crippen molar-refractivity contribution in [2.75, 3.05) is 12.3 Å². The number of nitrogens with zero attached hydrogens (tertiary/aromatic N) is 4. The standard InChI is InChI=1S/C18H28N4OS/c1-3-12-22-17(14-10-11-14)19-20-18(22)24-13-16(23)21(4-2)15-8-6-5-7-9-15/h3,14-15H,1,4-13H2,2H3. The highest BCUT2D eigenvalue weighted by atomic mass is 32.2. The zero-order valence-electron chi connectivity index (χ0n) is 14.6. The summed E-state index contributed by atoms with van der Waals surface area (Å²) in [7, 11) is 0. The van der Waals surface area contributed by atoms with Crippen LogP contribution in [0.1, 0.15) is 63.6 Å². The molecule has 0 radical (unpaired) electrons. The number of hydrogen-bond donors (Lipinski definition) is 0. The molecule has 0 unspecified atom stereocenters. The third-order valence-corrected chi connectivity index (χ3v) is 5.95. The number of rotatable bonds is 8. The van der Waals surface area contributed by atoms with Crippen LogP contribution in [0.15, 0.2) is 17.8 Å². The van der Waals surface area contributed by atoms with Crippen molar-refractivity contribution in [1.29, 1.82) is 0 Å². The normalized spacial score (nSPS) is 18.5. The van der Waals surface area contributed by atoms with Crippen LogP contribution in [-0.4, -0.2) is 43.9 Å². The van der Waals surface area contributed by atoms with Gasteiger partial charge in [-0.1, -0.05) is 37.1 Å². The van der Waals surface area contributed by atoms with Crippen LogP contribution in [0.4, 0.5) is 0 Å².